The standard InChI is InChI=1S/C18H20N4O3S/c1-21(10-14-4-2-8-24-14)16(23)12-26-18-20-19-17(13-6-7-13)22(18)11-15-5-3-9-25-15/h2-5,8-9,13H,6-7,10-12H2,1H3. The van der Waals surface area contributed by atoms with Gasteiger partial charge in [0.25, 0.3) is 0 Å². The molecule has 0 spiro atoms. The van der Waals surface area contributed by atoms with Crippen molar-refractivity contribution in [3.63, 3.8) is 0 Å². The van der Waals surface area contributed by atoms with Crippen LogP contribution >= 0.6 is 11.8 Å². The number of furan rings is 2. The van der Waals surface area contributed by atoms with Crippen molar-refractivity contribution in [2.24, 2.45) is 0 Å². The van der Waals surface area contributed by atoms with Crippen molar-refractivity contribution in [2.75, 3.05) is 12.8 Å². The van der Waals surface area contributed by atoms with Crippen LogP contribution in [-0.2, 0) is 17.9 Å². The molecular formula is C18H20N4O3S. The SMILES string of the molecule is CN(Cc1ccco1)C(=O)CSc1nnc(C2CC2)n1Cc1ccco1. The third-order valence-corrected chi connectivity index (χ3v) is 5.26. The summed E-state index contributed by atoms with van der Waals surface area (Å²) < 4.78 is 12.8. The van der Waals surface area contributed by atoms with Gasteiger partial charge in [-0.15, -0.1) is 10.2 Å². The Hall–Kier alpha value is -2.48. The molecule has 7 nitrogen and oxygen atoms in total. The van der Waals surface area contributed by atoms with Crippen LogP contribution in [0.3, 0.4) is 0 Å². The van der Waals surface area contributed by atoms with Gasteiger partial charge in [-0.25, -0.2) is 0 Å². The Bertz CT molecular complexity index is 853. The van der Waals surface area contributed by atoms with E-state index in [0.717, 1.165) is 35.3 Å². The molecule has 0 bridgehead atoms. The normalized spacial score (nSPS) is 13.9. The van der Waals surface area contributed by atoms with E-state index in [1.54, 1.807) is 24.5 Å². The fraction of sp³-hybridized carbons (Fsp3) is 0.389. The predicted octanol–water partition coefficient (Wildman–Crippen LogP) is 3.14. The lowest BCUT2D eigenvalue weighted by atomic mass is 10.3. The first-order valence-electron chi connectivity index (χ1n) is 8.55. The molecule has 1 saturated carbocycles. The van der Waals surface area contributed by atoms with E-state index in [1.807, 2.05) is 24.3 Å². The van der Waals surface area contributed by atoms with Crippen LogP contribution in [0, 0.1) is 0 Å². The number of carbonyl (C=O) groups is 1. The molecule has 1 aliphatic rings. The van der Waals surface area contributed by atoms with Crippen molar-refractivity contribution in [3.05, 3.63) is 54.1 Å². The number of hydrogen-bond donors (Lipinski definition) is 0. The molecule has 0 unspecified atom stereocenters. The van der Waals surface area contributed by atoms with E-state index >= 15 is 0 Å². The number of aromatic nitrogens is 3. The van der Waals surface area contributed by atoms with E-state index in [0.29, 0.717) is 24.8 Å². The Morgan fingerprint density at radius 2 is 1.96 bits per heavy atom. The Morgan fingerprint density at radius 3 is 2.62 bits per heavy atom. The Balaban J connectivity index is 1.41. The largest absolute Gasteiger partial charge is 0.467 e. The van der Waals surface area contributed by atoms with Crippen molar-refractivity contribution in [1.82, 2.24) is 19.7 Å². The minimum atomic E-state index is 0.0203. The summed E-state index contributed by atoms with van der Waals surface area (Å²) in [7, 11) is 1.77. The van der Waals surface area contributed by atoms with E-state index in [2.05, 4.69) is 14.8 Å². The second-order valence-electron chi connectivity index (χ2n) is 6.40. The molecule has 1 amide bonds. The van der Waals surface area contributed by atoms with Crippen molar-refractivity contribution in [3.8, 4) is 0 Å². The van der Waals surface area contributed by atoms with E-state index in [9.17, 15) is 4.79 Å². The number of carbonyl (C=O) groups excluding carboxylic acids is 1. The number of thioether (sulfide) groups is 1. The highest BCUT2D eigenvalue weighted by Gasteiger charge is 2.31. The van der Waals surface area contributed by atoms with E-state index < -0.39 is 0 Å². The van der Waals surface area contributed by atoms with Gasteiger partial charge in [-0.05, 0) is 37.1 Å². The van der Waals surface area contributed by atoms with Gasteiger partial charge in [0.1, 0.15) is 17.3 Å². The highest BCUT2D eigenvalue weighted by Crippen LogP contribution is 2.40. The molecule has 0 N–H and O–H groups in total. The summed E-state index contributed by atoms with van der Waals surface area (Å²) in [4.78, 5) is 14.1. The molecule has 0 radical (unpaired) electrons. The van der Waals surface area contributed by atoms with Gasteiger partial charge in [0.05, 0.1) is 31.4 Å². The van der Waals surface area contributed by atoms with Crippen LogP contribution in [0.25, 0.3) is 0 Å². The molecule has 1 aliphatic carbocycles. The first kappa shape index (κ1) is 17.0. The Kier molecular flexibility index (Phi) is 4.83. The number of rotatable bonds is 8. The topological polar surface area (TPSA) is 77.3 Å². The van der Waals surface area contributed by atoms with Crippen LogP contribution in [0.5, 0.6) is 0 Å². The zero-order valence-electron chi connectivity index (χ0n) is 14.5. The molecule has 4 rings (SSSR count). The summed E-state index contributed by atoms with van der Waals surface area (Å²) >= 11 is 1.41. The minimum Gasteiger partial charge on any atom is -0.467 e. The van der Waals surface area contributed by atoms with Gasteiger partial charge in [0.2, 0.25) is 5.91 Å². The molecule has 136 valence electrons. The lowest BCUT2D eigenvalue weighted by Crippen LogP contribution is -2.27. The van der Waals surface area contributed by atoms with Crippen LogP contribution in [-0.4, -0.2) is 38.4 Å². The molecule has 0 saturated heterocycles. The van der Waals surface area contributed by atoms with Crippen LogP contribution in [0.2, 0.25) is 0 Å². The number of nitrogens with zero attached hydrogens (tertiary/aromatic N) is 4. The number of amides is 1. The molecule has 3 aromatic rings. The van der Waals surface area contributed by atoms with Crippen molar-refractivity contribution in [1.29, 1.82) is 0 Å². The van der Waals surface area contributed by atoms with Gasteiger partial charge in [0.15, 0.2) is 5.16 Å². The molecule has 0 atom stereocenters. The fourth-order valence-corrected chi connectivity index (χ4v) is 3.60. The summed E-state index contributed by atoms with van der Waals surface area (Å²) in [6, 6.07) is 7.49. The maximum atomic E-state index is 12.4. The zero-order chi connectivity index (χ0) is 17.9. The summed E-state index contributed by atoms with van der Waals surface area (Å²) in [6.07, 6.45) is 5.56. The van der Waals surface area contributed by atoms with Gasteiger partial charge in [-0.1, -0.05) is 11.8 Å². The Morgan fingerprint density at radius 1 is 1.23 bits per heavy atom. The van der Waals surface area contributed by atoms with Crippen molar-refractivity contribution in [2.45, 2.75) is 37.0 Å². The number of hydrogen-bond acceptors (Lipinski definition) is 6. The van der Waals surface area contributed by atoms with E-state index in [1.165, 1.54) is 11.8 Å². The van der Waals surface area contributed by atoms with Gasteiger partial charge in [-0.2, -0.15) is 0 Å². The third kappa shape index (κ3) is 3.85. The molecular weight excluding hydrogens is 352 g/mol. The van der Waals surface area contributed by atoms with Gasteiger partial charge in [-0.3, -0.25) is 9.36 Å². The highest BCUT2D eigenvalue weighted by molar-refractivity contribution is 7.99. The van der Waals surface area contributed by atoms with Gasteiger partial charge in [0, 0.05) is 13.0 Å². The predicted molar refractivity (Wildman–Crippen MR) is 95.7 cm³/mol. The lowest BCUT2D eigenvalue weighted by Gasteiger charge is -2.15. The maximum Gasteiger partial charge on any atom is 0.233 e. The second-order valence-corrected chi connectivity index (χ2v) is 7.34. The first-order valence-corrected chi connectivity index (χ1v) is 9.54. The summed E-state index contributed by atoms with van der Waals surface area (Å²) in [5, 5.41) is 9.42. The van der Waals surface area contributed by atoms with Crippen LogP contribution in [0.15, 0.2) is 50.8 Å². The molecule has 1 fully saturated rings. The van der Waals surface area contributed by atoms with Crippen LogP contribution in [0.4, 0.5) is 0 Å². The summed E-state index contributed by atoms with van der Waals surface area (Å²) in [6.45, 7) is 1.05. The van der Waals surface area contributed by atoms with E-state index in [-0.39, 0.29) is 5.91 Å². The summed E-state index contributed by atoms with van der Waals surface area (Å²) in [5.41, 5.74) is 0. The van der Waals surface area contributed by atoms with Crippen LogP contribution < -0.4 is 0 Å². The van der Waals surface area contributed by atoms with Crippen molar-refractivity contribution >= 4 is 17.7 Å². The molecule has 3 aromatic heterocycles. The molecule has 26 heavy (non-hydrogen) atoms. The fourth-order valence-electron chi connectivity index (χ4n) is 2.72. The van der Waals surface area contributed by atoms with E-state index in [4.69, 9.17) is 8.83 Å². The molecule has 0 aliphatic heterocycles. The average Bonchev–Trinajstić information content (AvgIpc) is 3.05. The van der Waals surface area contributed by atoms with Gasteiger partial charge < -0.3 is 13.7 Å². The minimum absolute atomic E-state index is 0.0203. The highest BCUT2D eigenvalue weighted by atomic mass is 32.2. The average molecular weight is 372 g/mol. The molecule has 3 heterocycles. The Labute approximate surface area is 155 Å². The van der Waals surface area contributed by atoms with Crippen molar-refractivity contribution < 1.29 is 13.6 Å². The first-order chi connectivity index (χ1) is 12.7. The van der Waals surface area contributed by atoms with Gasteiger partial charge >= 0.3 is 0 Å². The quantitative estimate of drug-likeness (QED) is 0.565. The second kappa shape index (κ2) is 7.41. The molecule has 0 aromatic carbocycles. The smallest absolute Gasteiger partial charge is 0.233 e. The van der Waals surface area contributed by atoms with Crippen LogP contribution in [0.1, 0.15) is 36.1 Å². The molecule has 8 heteroatoms. The maximum absolute atomic E-state index is 12.4. The summed E-state index contributed by atoms with van der Waals surface area (Å²) in [5.74, 6) is 3.41. The lowest BCUT2D eigenvalue weighted by molar-refractivity contribution is -0.127. The third-order valence-electron chi connectivity index (χ3n) is 4.31. The zero-order valence-corrected chi connectivity index (χ0v) is 15.3. The monoisotopic (exact) mass is 372 g/mol.